The summed E-state index contributed by atoms with van der Waals surface area (Å²) in [7, 11) is 0. The van der Waals surface area contributed by atoms with Gasteiger partial charge >= 0.3 is 0 Å². The Labute approximate surface area is 107 Å². The SMILES string of the molecule is O=C(NCCC1CCC1)c1c[nH]c2ccccc12. The highest BCUT2D eigenvalue weighted by Crippen LogP contribution is 2.28. The second-order valence-electron chi connectivity index (χ2n) is 5.09. The standard InChI is InChI=1S/C15H18N2O/c18-15(16-9-8-11-4-3-5-11)13-10-17-14-7-2-1-6-12(13)14/h1-2,6-7,10-11,17H,3-5,8-9H2,(H,16,18). The molecule has 0 unspecified atom stereocenters. The van der Waals surface area contributed by atoms with Crippen molar-refractivity contribution in [2.24, 2.45) is 5.92 Å². The fourth-order valence-electron chi connectivity index (χ4n) is 2.53. The minimum absolute atomic E-state index is 0.0340. The van der Waals surface area contributed by atoms with Crippen LogP contribution in [0.1, 0.15) is 36.0 Å². The van der Waals surface area contributed by atoms with Gasteiger partial charge < -0.3 is 10.3 Å². The molecule has 0 radical (unpaired) electrons. The van der Waals surface area contributed by atoms with Crippen molar-refractivity contribution in [2.45, 2.75) is 25.7 Å². The molecule has 1 saturated carbocycles. The summed E-state index contributed by atoms with van der Waals surface area (Å²) < 4.78 is 0. The average molecular weight is 242 g/mol. The Morgan fingerprint density at radius 3 is 2.94 bits per heavy atom. The smallest absolute Gasteiger partial charge is 0.253 e. The molecule has 1 aromatic heterocycles. The fourth-order valence-corrected chi connectivity index (χ4v) is 2.53. The van der Waals surface area contributed by atoms with Gasteiger partial charge in [0.15, 0.2) is 0 Å². The highest BCUT2D eigenvalue weighted by molar-refractivity contribution is 6.06. The minimum Gasteiger partial charge on any atom is -0.360 e. The lowest BCUT2D eigenvalue weighted by atomic mass is 9.83. The van der Waals surface area contributed by atoms with Crippen molar-refractivity contribution in [3.63, 3.8) is 0 Å². The Morgan fingerprint density at radius 1 is 1.33 bits per heavy atom. The van der Waals surface area contributed by atoms with E-state index in [0.717, 1.165) is 35.3 Å². The first-order valence-corrected chi connectivity index (χ1v) is 6.69. The summed E-state index contributed by atoms with van der Waals surface area (Å²) in [6, 6.07) is 7.89. The summed E-state index contributed by atoms with van der Waals surface area (Å²) in [6.07, 6.45) is 6.95. The third-order valence-corrected chi connectivity index (χ3v) is 3.90. The summed E-state index contributed by atoms with van der Waals surface area (Å²) >= 11 is 0. The zero-order chi connectivity index (χ0) is 12.4. The van der Waals surface area contributed by atoms with Crippen LogP contribution in [0, 0.1) is 5.92 Å². The van der Waals surface area contributed by atoms with Crippen LogP contribution < -0.4 is 5.32 Å². The van der Waals surface area contributed by atoms with Gasteiger partial charge in [0.1, 0.15) is 0 Å². The summed E-state index contributed by atoms with van der Waals surface area (Å²) in [5.41, 5.74) is 1.76. The van der Waals surface area contributed by atoms with E-state index in [2.05, 4.69) is 10.3 Å². The summed E-state index contributed by atoms with van der Waals surface area (Å²) in [4.78, 5) is 15.2. The van der Waals surface area contributed by atoms with Crippen molar-refractivity contribution in [3.8, 4) is 0 Å². The quantitative estimate of drug-likeness (QED) is 0.850. The molecule has 1 fully saturated rings. The van der Waals surface area contributed by atoms with Crippen molar-refractivity contribution in [1.82, 2.24) is 10.3 Å². The van der Waals surface area contributed by atoms with Crippen LogP contribution in [0.15, 0.2) is 30.5 Å². The van der Waals surface area contributed by atoms with Gasteiger partial charge in [-0.25, -0.2) is 0 Å². The van der Waals surface area contributed by atoms with Gasteiger partial charge in [0.2, 0.25) is 0 Å². The molecule has 2 aromatic rings. The van der Waals surface area contributed by atoms with Crippen LogP contribution in [0.5, 0.6) is 0 Å². The number of carbonyl (C=O) groups is 1. The molecule has 18 heavy (non-hydrogen) atoms. The van der Waals surface area contributed by atoms with Crippen LogP contribution in [0.2, 0.25) is 0 Å². The monoisotopic (exact) mass is 242 g/mol. The number of hydrogen-bond acceptors (Lipinski definition) is 1. The second kappa shape index (κ2) is 4.84. The van der Waals surface area contributed by atoms with Crippen molar-refractivity contribution in [2.75, 3.05) is 6.54 Å². The number of benzene rings is 1. The largest absolute Gasteiger partial charge is 0.360 e. The Balaban J connectivity index is 1.64. The van der Waals surface area contributed by atoms with Crippen LogP contribution in [0.4, 0.5) is 0 Å². The van der Waals surface area contributed by atoms with Gasteiger partial charge in [0, 0.05) is 23.6 Å². The number of para-hydroxylation sites is 1. The van der Waals surface area contributed by atoms with Crippen molar-refractivity contribution in [1.29, 1.82) is 0 Å². The lowest BCUT2D eigenvalue weighted by Gasteiger charge is -2.25. The van der Waals surface area contributed by atoms with Crippen LogP contribution in [0.3, 0.4) is 0 Å². The first-order chi connectivity index (χ1) is 8.84. The molecular weight excluding hydrogens is 224 g/mol. The number of hydrogen-bond donors (Lipinski definition) is 2. The molecule has 1 aromatic carbocycles. The van der Waals surface area contributed by atoms with Gasteiger partial charge in [-0.2, -0.15) is 0 Å². The number of amides is 1. The van der Waals surface area contributed by atoms with E-state index in [4.69, 9.17) is 0 Å². The number of rotatable bonds is 4. The Kier molecular flexibility index (Phi) is 3.05. The van der Waals surface area contributed by atoms with E-state index in [1.54, 1.807) is 6.20 Å². The number of carbonyl (C=O) groups excluding carboxylic acids is 1. The molecule has 0 spiro atoms. The first-order valence-electron chi connectivity index (χ1n) is 6.69. The maximum Gasteiger partial charge on any atom is 0.253 e. The van der Waals surface area contributed by atoms with Crippen molar-refractivity contribution >= 4 is 16.8 Å². The van der Waals surface area contributed by atoms with E-state index in [1.807, 2.05) is 24.3 Å². The molecule has 1 aliphatic rings. The third kappa shape index (κ3) is 2.13. The lowest BCUT2D eigenvalue weighted by molar-refractivity contribution is 0.0950. The molecule has 1 aliphatic carbocycles. The predicted molar refractivity (Wildman–Crippen MR) is 72.6 cm³/mol. The molecule has 3 rings (SSSR count). The summed E-state index contributed by atoms with van der Waals surface area (Å²) in [5.74, 6) is 0.875. The van der Waals surface area contributed by atoms with E-state index in [0.29, 0.717) is 0 Å². The van der Waals surface area contributed by atoms with Gasteiger partial charge in [0.25, 0.3) is 5.91 Å². The van der Waals surface area contributed by atoms with Gasteiger partial charge in [-0.1, -0.05) is 37.5 Å². The maximum absolute atomic E-state index is 12.1. The summed E-state index contributed by atoms with van der Waals surface area (Å²) in [6.45, 7) is 0.795. The molecule has 94 valence electrons. The van der Waals surface area contributed by atoms with Crippen LogP contribution in [-0.2, 0) is 0 Å². The lowest BCUT2D eigenvalue weighted by Crippen LogP contribution is -2.27. The minimum atomic E-state index is 0.0340. The molecule has 0 saturated heterocycles. The highest BCUT2D eigenvalue weighted by atomic mass is 16.1. The average Bonchev–Trinajstić information content (AvgIpc) is 2.76. The number of aromatic nitrogens is 1. The molecule has 3 heteroatoms. The van der Waals surface area contributed by atoms with Gasteiger partial charge in [-0.05, 0) is 18.4 Å². The fraction of sp³-hybridized carbons (Fsp3) is 0.400. The zero-order valence-electron chi connectivity index (χ0n) is 10.4. The van der Waals surface area contributed by atoms with E-state index in [9.17, 15) is 4.79 Å². The Morgan fingerprint density at radius 2 is 2.17 bits per heavy atom. The molecule has 1 heterocycles. The maximum atomic E-state index is 12.1. The molecule has 0 bridgehead atoms. The van der Waals surface area contributed by atoms with E-state index in [1.165, 1.54) is 19.3 Å². The molecular formula is C15H18N2O. The molecule has 2 N–H and O–H groups in total. The van der Waals surface area contributed by atoms with Gasteiger partial charge in [0.05, 0.1) is 5.56 Å². The van der Waals surface area contributed by atoms with E-state index in [-0.39, 0.29) is 5.91 Å². The number of aromatic amines is 1. The number of fused-ring (bicyclic) bond motifs is 1. The zero-order valence-corrected chi connectivity index (χ0v) is 10.4. The number of H-pyrrole nitrogens is 1. The number of nitrogens with one attached hydrogen (secondary N) is 2. The molecule has 0 aliphatic heterocycles. The second-order valence-corrected chi connectivity index (χ2v) is 5.09. The van der Waals surface area contributed by atoms with Gasteiger partial charge in [-0.15, -0.1) is 0 Å². The first kappa shape index (κ1) is 11.3. The van der Waals surface area contributed by atoms with Gasteiger partial charge in [-0.3, -0.25) is 4.79 Å². The normalized spacial score (nSPS) is 15.6. The molecule has 0 atom stereocenters. The molecule has 3 nitrogen and oxygen atoms in total. The summed E-state index contributed by atoms with van der Waals surface area (Å²) in [5, 5.41) is 4.02. The van der Waals surface area contributed by atoms with Crippen molar-refractivity contribution in [3.05, 3.63) is 36.0 Å². The molecule has 1 amide bonds. The third-order valence-electron chi connectivity index (χ3n) is 3.90. The van der Waals surface area contributed by atoms with Crippen LogP contribution in [0.25, 0.3) is 10.9 Å². The Hall–Kier alpha value is -1.77. The van der Waals surface area contributed by atoms with E-state index >= 15 is 0 Å². The van der Waals surface area contributed by atoms with E-state index < -0.39 is 0 Å². The van der Waals surface area contributed by atoms with Crippen LogP contribution >= 0.6 is 0 Å². The topological polar surface area (TPSA) is 44.9 Å². The van der Waals surface area contributed by atoms with Crippen LogP contribution in [-0.4, -0.2) is 17.4 Å². The predicted octanol–water partition coefficient (Wildman–Crippen LogP) is 3.09. The Bertz CT molecular complexity index is 554. The highest BCUT2D eigenvalue weighted by Gasteiger charge is 2.17. The van der Waals surface area contributed by atoms with Crippen molar-refractivity contribution < 1.29 is 4.79 Å².